The van der Waals surface area contributed by atoms with E-state index in [9.17, 15) is 86.5 Å². The molecule has 0 aromatic heterocycles. The number of carboxylic acids is 1. The maximum atomic E-state index is 15.6. The van der Waals surface area contributed by atoms with Crippen molar-refractivity contribution in [3.63, 3.8) is 0 Å². The van der Waals surface area contributed by atoms with Gasteiger partial charge >= 0.3 is 11.9 Å². The number of rotatable bonds is 12. The Morgan fingerprint density at radius 3 is 1.72 bits per heavy atom. The average molecular weight is 1220 g/mol. The van der Waals surface area contributed by atoms with Crippen molar-refractivity contribution < 1.29 is 139 Å². The number of aliphatic hydroxyl groups excluding tert-OH is 15. The molecule has 5 aliphatic heterocycles. The summed E-state index contributed by atoms with van der Waals surface area (Å²) in [4.78, 5) is 29.3. The normalized spacial score (nSPS) is 55.2. The predicted octanol–water partition coefficient (Wildman–Crippen LogP) is -4.26. The van der Waals surface area contributed by atoms with Gasteiger partial charge < -0.3 is 129 Å². The molecule has 0 spiro atoms. The minimum atomic E-state index is -2.02. The molecule has 33 atom stereocenters. The Morgan fingerprint density at radius 1 is 0.565 bits per heavy atom. The second-order valence-electron chi connectivity index (χ2n) is 27.8. The zero-order valence-electron chi connectivity index (χ0n) is 48.8. The standard InChI is InChI=1S/C57H90O28/c1-21-41(81-45-37(69)32(64)25(60)18-76-45)42(82-46-38(70)33(65)26(61)19-77-46)40(72)48(79-21)83-43-34(66)27(62)20-78-49(43)85-51(75)57-13-12-52(2,3)14-23(57)22-8-9-29-53(4)15-24(59)44(84-47-39(71)36(68)35(67)28(17-58)80-47)56(7,50(73)74)30(53)10-11-54(29,5)55(22,6)16-31(57)63/h8,21,23-49,58-72H,9-20H2,1-7H3,(H,73,74)/t21-,23-,24-,25+,26-,27-,28+,29+,30+,31-,32-,33-,34-,35+,36-,37+,38+,39+,40+,41-,42-,43+,44-,45-,46-,47-,48-,49-,53+,54+,55+,56-,57+/m0/s1. The quantitative estimate of drug-likeness (QED) is 0.0500. The molecule has 0 aromatic rings. The fourth-order valence-corrected chi connectivity index (χ4v) is 17.3. The maximum absolute atomic E-state index is 15.6. The Labute approximate surface area is 491 Å². The van der Waals surface area contributed by atoms with E-state index in [1.54, 1.807) is 0 Å². The lowest BCUT2D eigenvalue weighted by Crippen LogP contribution is -2.71. The summed E-state index contributed by atoms with van der Waals surface area (Å²) >= 11 is 0. The number of aliphatic carboxylic acids is 1. The Balaban J connectivity index is 0.920. The fraction of sp³-hybridized carbons (Fsp3) is 0.930. The molecule has 10 rings (SSSR count). The monoisotopic (exact) mass is 1220 g/mol. The summed E-state index contributed by atoms with van der Waals surface area (Å²) in [6.45, 7) is 10.9. The molecule has 0 radical (unpaired) electrons. The van der Waals surface area contributed by atoms with Crippen LogP contribution in [0.4, 0.5) is 0 Å². The van der Waals surface area contributed by atoms with Gasteiger partial charge in [-0.25, -0.2) is 0 Å². The van der Waals surface area contributed by atoms with Crippen molar-refractivity contribution in [1.29, 1.82) is 0 Å². The number of carbonyl (C=O) groups excluding carboxylic acids is 1. The van der Waals surface area contributed by atoms with E-state index >= 15 is 4.79 Å². The highest BCUT2D eigenvalue weighted by Gasteiger charge is 2.74. The third kappa shape index (κ3) is 10.7. The lowest BCUT2D eigenvalue weighted by Gasteiger charge is -2.71. The second-order valence-corrected chi connectivity index (χ2v) is 27.8. The molecule has 28 nitrogen and oxygen atoms in total. The van der Waals surface area contributed by atoms with E-state index in [4.69, 9.17) is 47.4 Å². The van der Waals surface area contributed by atoms with Crippen LogP contribution in [0.25, 0.3) is 0 Å². The van der Waals surface area contributed by atoms with E-state index < -0.39 is 231 Å². The molecule has 28 heteroatoms. The first kappa shape index (κ1) is 65.7. The third-order valence-electron chi connectivity index (χ3n) is 22.4. The van der Waals surface area contributed by atoms with E-state index in [1.807, 2.05) is 6.92 Å². The van der Waals surface area contributed by atoms with Gasteiger partial charge in [-0.2, -0.15) is 0 Å². The number of esters is 1. The molecule has 5 saturated heterocycles. The minimum Gasteiger partial charge on any atom is -0.481 e. The molecular weight excluding hydrogens is 1130 g/mol. The van der Waals surface area contributed by atoms with Crippen molar-refractivity contribution in [2.24, 2.45) is 50.2 Å². The number of aliphatic hydroxyl groups is 15. The lowest BCUT2D eigenvalue weighted by atomic mass is 9.33. The summed E-state index contributed by atoms with van der Waals surface area (Å²) in [6, 6.07) is 0. The Morgan fingerprint density at radius 2 is 1.12 bits per heavy atom. The Kier molecular flexibility index (Phi) is 18.4. The smallest absolute Gasteiger partial charge is 0.317 e. The van der Waals surface area contributed by atoms with Crippen molar-refractivity contribution in [1.82, 2.24) is 0 Å². The molecule has 486 valence electrons. The van der Waals surface area contributed by atoms with E-state index in [1.165, 1.54) is 13.8 Å². The highest BCUT2D eigenvalue weighted by molar-refractivity contribution is 5.80. The van der Waals surface area contributed by atoms with E-state index in [0.29, 0.717) is 32.1 Å². The van der Waals surface area contributed by atoms with Crippen LogP contribution in [0.5, 0.6) is 0 Å². The van der Waals surface area contributed by atoms with Crippen LogP contribution >= 0.6 is 0 Å². The molecule has 16 N–H and O–H groups in total. The number of ether oxygens (including phenoxy) is 10. The highest BCUT2D eigenvalue weighted by atomic mass is 16.8. The molecule has 5 heterocycles. The highest BCUT2D eigenvalue weighted by Crippen LogP contribution is 2.76. The van der Waals surface area contributed by atoms with Crippen LogP contribution in [-0.4, -0.2) is 274 Å². The largest absolute Gasteiger partial charge is 0.481 e. The van der Waals surface area contributed by atoms with Gasteiger partial charge in [0.15, 0.2) is 31.3 Å². The van der Waals surface area contributed by atoms with E-state index in [-0.39, 0.29) is 30.6 Å². The molecule has 9 fully saturated rings. The van der Waals surface area contributed by atoms with Gasteiger partial charge in [-0.15, -0.1) is 0 Å². The summed E-state index contributed by atoms with van der Waals surface area (Å²) in [6.07, 6.45) is -37.6. The van der Waals surface area contributed by atoms with Crippen LogP contribution in [0, 0.1) is 50.2 Å². The number of carboxylic acid groups (broad SMARTS) is 1. The van der Waals surface area contributed by atoms with Crippen molar-refractivity contribution in [2.75, 3.05) is 26.4 Å². The van der Waals surface area contributed by atoms with E-state index in [0.717, 1.165) is 5.57 Å². The van der Waals surface area contributed by atoms with Crippen molar-refractivity contribution in [2.45, 2.75) is 253 Å². The first-order valence-corrected chi connectivity index (χ1v) is 29.8. The molecular formula is C57H90O28. The van der Waals surface area contributed by atoms with Gasteiger partial charge in [-0.05, 0) is 105 Å². The van der Waals surface area contributed by atoms with Crippen LogP contribution in [0.1, 0.15) is 99.8 Å². The summed E-state index contributed by atoms with van der Waals surface area (Å²) < 4.78 is 59.4. The van der Waals surface area contributed by atoms with Gasteiger partial charge in [-0.1, -0.05) is 46.3 Å². The zero-order chi connectivity index (χ0) is 62.2. The number of fused-ring (bicyclic) bond motifs is 7. The molecule has 4 saturated carbocycles. The fourth-order valence-electron chi connectivity index (χ4n) is 17.3. The first-order valence-electron chi connectivity index (χ1n) is 29.8. The molecule has 5 aliphatic carbocycles. The summed E-state index contributed by atoms with van der Waals surface area (Å²) in [5.74, 6) is -3.82. The summed E-state index contributed by atoms with van der Waals surface area (Å²) in [5, 5.41) is 176. The Bertz CT molecular complexity index is 2440. The lowest BCUT2D eigenvalue weighted by molar-refractivity contribution is -0.388. The van der Waals surface area contributed by atoms with Crippen LogP contribution in [-0.2, 0) is 57.0 Å². The predicted molar refractivity (Wildman–Crippen MR) is 281 cm³/mol. The maximum Gasteiger partial charge on any atom is 0.317 e. The van der Waals surface area contributed by atoms with Crippen molar-refractivity contribution in [3.8, 4) is 0 Å². The SMILES string of the molecule is C[C@@H]1O[C@@H](O[C@H]2[C@H](OC(=O)[C@]34CCC(C)(C)C[C@H]3C3=CC[C@@H]5[C@@]6(C)C[C@H](O)[C@H](O[C@@H]7O[C@H](CO)[C@@H](O)[C@H](O)[C@H]7O)[C@@](C)(C(=O)O)[C@@H]6CC[C@@]5(C)[C@]3(C)C[C@@H]4O)OC[C@H](O)[C@@H]2O)[C@H](O)[C@H](O[C@@H]2OC[C@H](O)[C@H](O)[C@H]2O)[C@H]1O[C@@H]1OC[C@@H](O)[C@H](O)[C@H]1O. The molecule has 0 unspecified atom stereocenters. The van der Waals surface area contributed by atoms with Crippen LogP contribution < -0.4 is 0 Å². The van der Waals surface area contributed by atoms with Gasteiger partial charge in [-0.3, -0.25) is 9.59 Å². The molecule has 85 heavy (non-hydrogen) atoms. The van der Waals surface area contributed by atoms with Crippen molar-refractivity contribution in [3.05, 3.63) is 11.6 Å². The van der Waals surface area contributed by atoms with Gasteiger partial charge in [0.1, 0.15) is 103 Å². The van der Waals surface area contributed by atoms with Gasteiger partial charge in [0.25, 0.3) is 0 Å². The van der Waals surface area contributed by atoms with Crippen LogP contribution in [0.3, 0.4) is 0 Å². The van der Waals surface area contributed by atoms with E-state index in [2.05, 4.69) is 33.8 Å². The summed E-state index contributed by atoms with van der Waals surface area (Å²) in [7, 11) is 0. The topological polar surface area (TPSA) is 450 Å². The second kappa shape index (κ2) is 23.8. The molecule has 0 aromatic carbocycles. The number of hydrogen-bond donors (Lipinski definition) is 16. The molecule has 10 aliphatic rings. The van der Waals surface area contributed by atoms with Crippen LogP contribution in [0.15, 0.2) is 11.6 Å². The van der Waals surface area contributed by atoms with Crippen molar-refractivity contribution >= 4 is 11.9 Å². The van der Waals surface area contributed by atoms with Gasteiger partial charge in [0.05, 0.1) is 50.2 Å². The first-order chi connectivity index (χ1) is 39.7. The number of hydrogen-bond acceptors (Lipinski definition) is 27. The number of carbonyl (C=O) groups is 2. The summed E-state index contributed by atoms with van der Waals surface area (Å²) in [5.41, 5.74) is -5.38. The van der Waals surface area contributed by atoms with Gasteiger partial charge in [0, 0.05) is 0 Å². The minimum absolute atomic E-state index is 0.0372. The third-order valence-corrected chi connectivity index (χ3v) is 22.4. The Hall–Kier alpha value is -2.28. The molecule has 0 bridgehead atoms. The molecule has 0 amide bonds. The number of allylic oxidation sites excluding steroid dienone is 2. The zero-order valence-corrected chi connectivity index (χ0v) is 48.8. The average Bonchev–Trinajstić information content (AvgIpc) is 0.729. The van der Waals surface area contributed by atoms with Crippen LogP contribution in [0.2, 0.25) is 0 Å². The van der Waals surface area contributed by atoms with Gasteiger partial charge in [0.2, 0.25) is 6.29 Å².